The molecule has 1 aliphatic rings. The molecule has 0 bridgehead atoms. The Balaban J connectivity index is 1.64. The topological polar surface area (TPSA) is 81.4 Å². The summed E-state index contributed by atoms with van der Waals surface area (Å²) in [6.07, 6.45) is 4.92. The molecule has 0 saturated carbocycles. The van der Waals surface area contributed by atoms with Gasteiger partial charge in [0.1, 0.15) is 6.10 Å². The molecule has 2 aromatic rings. The minimum absolute atomic E-state index is 0.0478. The lowest BCUT2D eigenvalue weighted by Crippen LogP contribution is -2.39. The van der Waals surface area contributed by atoms with Crippen molar-refractivity contribution in [2.24, 2.45) is 0 Å². The van der Waals surface area contributed by atoms with Crippen molar-refractivity contribution < 1.29 is 9.66 Å². The third-order valence-corrected chi connectivity index (χ3v) is 3.63. The standard InChI is InChI=1S/C15H16N4O3/c20-19(21)13-4-3-9-17-15(13)18-10-6-12(7-11-18)22-14-5-1-2-8-16-14/h1-5,8-9,12H,6-7,10-11H2. The molecule has 1 saturated heterocycles. The van der Waals surface area contributed by atoms with Crippen molar-refractivity contribution >= 4 is 11.5 Å². The van der Waals surface area contributed by atoms with E-state index >= 15 is 0 Å². The van der Waals surface area contributed by atoms with E-state index in [2.05, 4.69) is 9.97 Å². The van der Waals surface area contributed by atoms with Crippen LogP contribution < -0.4 is 9.64 Å². The zero-order valence-corrected chi connectivity index (χ0v) is 12.0. The number of hydrogen-bond donors (Lipinski definition) is 0. The van der Waals surface area contributed by atoms with E-state index in [0.717, 1.165) is 12.8 Å². The van der Waals surface area contributed by atoms with Crippen molar-refractivity contribution in [1.29, 1.82) is 0 Å². The number of anilines is 1. The summed E-state index contributed by atoms with van der Waals surface area (Å²) in [5, 5.41) is 11.1. The fourth-order valence-electron chi connectivity index (χ4n) is 2.55. The summed E-state index contributed by atoms with van der Waals surface area (Å²) < 4.78 is 5.83. The molecule has 0 radical (unpaired) electrons. The first-order chi connectivity index (χ1) is 10.7. The van der Waals surface area contributed by atoms with Gasteiger partial charge in [-0.05, 0) is 12.1 Å². The maximum Gasteiger partial charge on any atom is 0.311 e. The molecular weight excluding hydrogens is 284 g/mol. The van der Waals surface area contributed by atoms with Crippen LogP contribution in [0.5, 0.6) is 5.88 Å². The fourth-order valence-corrected chi connectivity index (χ4v) is 2.55. The summed E-state index contributed by atoms with van der Waals surface area (Å²) in [6, 6.07) is 8.62. The van der Waals surface area contributed by atoms with Crippen LogP contribution in [0.2, 0.25) is 0 Å². The summed E-state index contributed by atoms with van der Waals surface area (Å²) in [5.74, 6) is 1.05. The second-order valence-corrected chi connectivity index (χ2v) is 5.08. The zero-order valence-electron chi connectivity index (χ0n) is 12.0. The van der Waals surface area contributed by atoms with Gasteiger partial charge in [0.2, 0.25) is 11.7 Å². The summed E-state index contributed by atoms with van der Waals surface area (Å²) in [5.41, 5.74) is 0.0478. The average molecular weight is 300 g/mol. The van der Waals surface area contributed by atoms with Gasteiger partial charge < -0.3 is 9.64 Å². The normalized spacial score (nSPS) is 15.5. The van der Waals surface area contributed by atoms with Gasteiger partial charge in [0.25, 0.3) is 0 Å². The Kier molecular flexibility index (Phi) is 4.13. The highest BCUT2D eigenvalue weighted by molar-refractivity contribution is 5.57. The van der Waals surface area contributed by atoms with Crippen LogP contribution in [0.1, 0.15) is 12.8 Å². The van der Waals surface area contributed by atoms with Crippen LogP contribution in [0, 0.1) is 10.1 Å². The third kappa shape index (κ3) is 3.13. The van der Waals surface area contributed by atoms with Crippen molar-refractivity contribution in [2.75, 3.05) is 18.0 Å². The van der Waals surface area contributed by atoms with E-state index in [0.29, 0.717) is 24.8 Å². The Morgan fingerprint density at radius 3 is 2.59 bits per heavy atom. The molecule has 0 atom stereocenters. The van der Waals surface area contributed by atoms with Crippen LogP contribution in [0.25, 0.3) is 0 Å². The van der Waals surface area contributed by atoms with E-state index in [1.807, 2.05) is 23.1 Å². The van der Waals surface area contributed by atoms with Crippen molar-refractivity contribution in [3.63, 3.8) is 0 Å². The molecule has 3 heterocycles. The van der Waals surface area contributed by atoms with Crippen LogP contribution in [-0.2, 0) is 0 Å². The van der Waals surface area contributed by atoms with Gasteiger partial charge in [0, 0.05) is 50.5 Å². The number of pyridine rings is 2. The Morgan fingerprint density at radius 1 is 1.14 bits per heavy atom. The maximum atomic E-state index is 11.1. The van der Waals surface area contributed by atoms with E-state index in [9.17, 15) is 10.1 Å². The highest BCUT2D eigenvalue weighted by atomic mass is 16.6. The number of nitrogens with zero attached hydrogens (tertiary/aromatic N) is 4. The monoisotopic (exact) mass is 300 g/mol. The molecule has 2 aromatic heterocycles. The lowest BCUT2D eigenvalue weighted by molar-refractivity contribution is -0.384. The predicted molar refractivity (Wildman–Crippen MR) is 81.0 cm³/mol. The highest BCUT2D eigenvalue weighted by Crippen LogP contribution is 2.28. The van der Waals surface area contributed by atoms with Crippen LogP contribution in [-0.4, -0.2) is 34.1 Å². The lowest BCUT2D eigenvalue weighted by Gasteiger charge is -2.32. The molecule has 0 spiro atoms. The summed E-state index contributed by atoms with van der Waals surface area (Å²) >= 11 is 0. The largest absolute Gasteiger partial charge is 0.474 e. The summed E-state index contributed by atoms with van der Waals surface area (Å²) in [4.78, 5) is 20.9. The molecule has 7 nitrogen and oxygen atoms in total. The van der Waals surface area contributed by atoms with Crippen LogP contribution in [0.4, 0.5) is 11.5 Å². The van der Waals surface area contributed by atoms with Crippen LogP contribution in [0.15, 0.2) is 42.7 Å². The van der Waals surface area contributed by atoms with Gasteiger partial charge in [-0.15, -0.1) is 0 Å². The molecular formula is C15H16N4O3. The third-order valence-electron chi connectivity index (χ3n) is 3.63. The maximum absolute atomic E-state index is 11.1. The van der Waals surface area contributed by atoms with Gasteiger partial charge in [-0.2, -0.15) is 0 Å². The molecule has 0 N–H and O–H groups in total. The number of aromatic nitrogens is 2. The second-order valence-electron chi connectivity index (χ2n) is 5.08. The fraction of sp³-hybridized carbons (Fsp3) is 0.333. The van der Waals surface area contributed by atoms with Crippen molar-refractivity contribution in [2.45, 2.75) is 18.9 Å². The highest BCUT2D eigenvalue weighted by Gasteiger charge is 2.26. The van der Waals surface area contributed by atoms with E-state index in [1.54, 1.807) is 18.5 Å². The SMILES string of the molecule is O=[N+]([O-])c1cccnc1N1CCC(Oc2ccccn2)CC1. The van der Waals surface area contributed by atoms with Gasteiger partial charge in [0.05, 0.1) is 4.92 Å². The number of ether oxygens (including phenoxy) is 1. The molecule has 114 valence electrons. The van der Waals surface area contributed by atoms with E-state index in [-0.39, 0.29) is 11.8 Å². The summed E-state index contributed by atoms with van der Waals surface area (Å²) in [6.45, 7) is 1.35. The minimum Gasteiger partial charge on any atom is -0.474 e. The molecule has 22 heavy (non-hydrogen) atoms. The summed E-state index contributed by atoms with van der Waals surface area (Å²) in [7, 11) is 0. The van der Waals surface area contributed by atoms with Gasteiger partial charge in [0.15, 0.2) is 0 Å². The van der Waals surface area contributed by atoms with Crippen molar-refractivity contribution in [3.8, 4) is 5.88 Å². The first-order valence-electron chi connectivity index (χ1n) is 7.16. The van der Waals surface area contributed by atoms with Crippen molar-refractivity contribution in [1.82, 2.24) is 9.97 Å². The zero-order chi connectivity index (χ0) is 15.4. The molecule has 1 aliphatic heterocycles. The first kappa shape index (κ1) is 14.2. The van der Waals surface area contributed by atoms with Gasteiger partial charge in [-0.1, -0.05) is 6.07 Å². The minimum atomic E-state index is -0.390. The van der Waals surface area contributed by atoms with Crippen molar-refractivity contribution in [3.05, 3.63) is 52.8 Å². The van der Waals surface area contributed by atoms with Gasteiger partial charge in [-0.25, -0.2) is 9.97 Å². The molecule has 3 rings (SSSR count). The Morgan fingerprint density at radius 2 is 1.91 bits per heavy atom. The van der Waals surface area contributed by atoms with E-state index in [1.165, 1.54) is 6.07 Å². The number of piperidine rings is 1. The predicted octanol–water partition coefficient (Wildman–Crippen LogP) is 2.43. The van der Waals surface area contributed by atoms with E-state index < -0.39 is 4.92 Å². The molecule has 0 amide bonds. The second kappa shape index (κ2) is 6.38. The molecule has 1 fully saturated rings. The number of hydrogen-bond acceptors (Lipinski definition) is 6. The smallest absolute Gasteiger partial charge is 0.311 e. The Labute approximate surface area is 127 Å². The Bertz CT molecular complexity index is 642. The molecule has 0 unspecified atom stereocenters. The van der Waals surface area contributed by atoms with Crippen LogP contribution in [0.3, 0.4) is 0 Å². The quantitative estimate of drug-likeness (QED) is 0.637. The van der Waals surface area contributed by atoms with E-state index in [4.69, 9.17) is 4.74 Å². The molecule has 0 aromatic carbocycles. The Hall–Kier alpha value is -2.70. The first-order valence-corrected chi connectivity index (χ1v) is 7.16. The number of rotatable bonds is 4. The van der Waals surface area contributed by atoms with Gasteiger partial charge >= 0.3 is 5.69 Å². The lowest BCUT2D eigenvalue weighted by atomic mass is 10.1. The molecule has 0 aliphatic carbocycles. The van der Waals surface area contributed by atoms with Gasteiger partial charge in [-0.3, -0.25) is 10.1 Å². The average Bonchev–Trinajstić information content (AvgIpc) is 2.56. The van der Waals surface area contributed by atoms with Crippen LogP contribution >= 0.6 is 0 Å². The molecule has 7 heteroatoms. The number of nitro groups is 1.